The van der Waals surface area contributed by atoms with Crippen LogP contribution in [0.2, 0.25) is 0 Å². The maximum absolute atomic E-state index is 5.70. The molecule has 0 spiro atoms. The fourth-order valence-corrected chi connectivity index (χ4v) is 1.06. The van der Waals surface area contributed by atoms with Gasteiger partial charge >= 0.3 is 0 Å². The highest BCUT2D eigenvalue weighted by molar-refractivity contribution is 5.29. The van der Waals surface area contributed by atoms with Crippen LogP contribution in [0.25, 0.3) is 0 Å². The van der Waals surface area contributed by atoms with Crippen LogP contribution >= 0.6 is 0 Å². The summed E-state index contributed by atoms with van der Waals surface area (Å²) in [6.45, 7) is 3.02. The second-order valence-corrected chi connectivity index (χ2v) is 2.38. The van der Waals surface area contributed by atoms with Gasteiger partial charge in [0.2, 0.25) is 0 Å². The molecule has 0 aromatic heterocycles. The molecule has 0 aromatic rings. The van der Waals surface area contributed by atoms with Crippen molar-refractivity contribution >= 4 is 0 Å². The summed E-state index contributed by atoms with van der Waals surface area (Å²) in [4.78, 5) is 0. The van der Waals surface area contributed by atoms with E-state index in [-0.39, 0.29) is 1.43 Å². The van der Waals surface area contributed by atoms with Crippen molar-refractivity contribution in [1.82, 2.24) is 5.32 Å². The van der Waals surface area contributed by atoms with E-state index in [1.54, 1.807) is 0 Å². The number of allylic oxidation sites excluding steroid dienone is 2. The molecular weight excluding hydrogens is 124 g/mol. The highest BCUT2D eigenvalue weighted by atomic mass is 14.9. The fourth-order valence-electron chi connectivity index (χ4n) is 1.06. The Hall–Kier alpha value is -0.920. The summed E-state index contributed by atoms with van der Waals surface area (Å²) >= 11 is 0. The highest BCUT2D eigenvalue weighted by Crippen LogP contribution is 2.10. The molecule has 0 radical (unpaired) electrons. The molecule has 0 aromatic carbocycles. The summed E-state index contributed by atoms with van der Waals surface area (Å²) in [6, 6.07) is 0. The van der Waals surface area contributed by atoms with Gasteiger partial charge in [0.25, 0.3) is 0 Å². The Morgan fingerprint density at radius 2 is 2.30 bits per heavy atom. The Kier molecular flexibility index (Phi) is 2.37. The van der Waals surface area contributed by atoms with E-state index >= 15 is 0 Å². The lowest BCUT2D eigenvalue weighted by Gasteiger charge is -2.12. The number of nitrogens with two attached hydrogens (primary N) is 1. The van der Waals surface area contributed by atoms with E-state index in [4.69, 9.17) is 5.73 Å². The molecule has 1 aliphatic carbocycles. The van der Waals surface area contributed by atoms with Crippen molar-refractivity contribution in [3.8, 4) is 0 Å². The van der Waals surface area contributed by atoms with E-state index in [1.807, 2.05) is 0 Å². The standard InChI is InChI=1S/C8H14N2.H2/c1-2-10-8-6-4-3-5-7(8)9;/h5-6,10H,2-4,9H2,1H3;1H. The molecule has 2 nitrogen and oxygen atoms in total. The predicted molar refractivity (Wildman–Crippen MR) is 45.4 cm³/mol. The molecule has 1 rings (SSSR count). The number of hydrogen-bond donors (Lipinski definition) is 2. The lowest BCUT2D eigenvalue weighted by Crippen LogP contribution is -2.19. The summed E-state index contributed by atoms with van der Waals surface area (Å²) < 4.78 is 0. The van der Waals surface area contributed by atoms with Crippen LogP contribution in [0.1, 0.15) is 21.2 Å². The van der Waals surface area contributed by atoms with Crippen molar-refractivity contribution in [2.75, 3.05) is 6.54 Å². The summed E-state index contributed by atoms with van der Waals surface area (Å²) in [7, 11) is 0. The van der Waals surface area contributed by atoms with Crippen LogP contribution in [0.5, 0.6) is 0 Å². The lowest BCUT2D eigenvalue weighted by molar-refractivity contribution is 0.824. The monoisotopic (exact) mass is 140 g/mol. The zero-order valence-corrected chi connectivity index (χ0v) is 6.35. The Morgan fingerprint density at radius 3 is 2.90 bits per heavy atom. The van der Waals surface area contributed by atoms with Crippen molar-refractivity contribution in [2.45, 2.75) is 19.8 Å². The molecule has 3 N–H and O–H groups in total. The first-order valence-electron chi connectivity index (χ1n) is 3.74. The molecular formula is C8H16N2. The minimum absolute atomic E-state index is 0. The van der Waals surface area contributed by atoms with Crippen LogP contribution in [-0.4, -0.2) is 6.54 Å². The maximum atomic E-state index is 5.70. The first kappa shape index (κ1) is 7.19. The van der Waals surface area contributed by atoms with Gasteiger partial charge in [0, 0.05) is 7.97 Å². The fraction of sp³-hybridized carbons (Fsp3) is 0.500. The van der Waals surface area contributed by atoms with Crippen molar-refractivity contribution in [1.29, 1.82) is 0 Å². The van der Waals surface area contributed by atoms with Gasteiger partial charge in [-0.25, -0.2) is 0 Å². The van der Waals surface area contributed by atoms with E-state index in [1.165, 1.54) is 0 Å². The third-order valence-electron chi connectivity index (χ3n) is 1.56. The van der Waals surface area contributed by atoms with Gasteiger partial charge in [-0.1, -0.05) is 12.2 Å². The Morgan fingerprint density at radius 1 is 1.60 bits per heavy atom. The first-order valence-corrected chi connectivity index (χ1v) is 3.74. The van der Waals surface area contributed by atoms with Gasteiger partial charge in [-0.3, -0.25) is 0 Å². The minimum atomic E-state index is 0. The normalized spacial score (nSPS) is 17.7. The Balaban J connectivity index is 0.000001000. The Bertz CT molecular complexity index is 173. The second kappa shape index (κ2) is 3.30. The molecule has 0 fully saturated rings. The molecule has 0 atom stereocenters. The molecule has 0 saturated carbocycles. The van der Waals surface area contributed by atoms with Gasteiger partial charge in [0.05, 0.1) is 11.4 Å². The largest absolute Gasteiger partial charge is 0.397 e. The second-order valence-electron chi connectivity index (χ2n) is 2.38. The van der Waals surface area contributed by atoms with Crippen LogP contribution in [0.4, 0.5) is 0 Å². The quantitative estimate of drug-likeness (QED) is 0.608. The maximum Gasteiger partial charge on any atom is 0.0530 e. The van der Waals surface area contributed by atoms with E-state index in [9.17, 15) is 0 Å². The van der Waals surface area contributed by atoms with Crippen molar-refractivity contribution in [2.24, 2.45) is 5.73 Å². The first-order chi connectivity index (χ1) is 4.84. The number of hydrogen-bond acceptors (Lipinski definition) is 2. The van der Waals surface area contributed by atoms with E-state index in [2.05, 4.69) is 24.4 Å². The van der Waals surface area contributed by atoms with Crippen molar-refractivity contribution < 1.29 is 1.43 Å². The van der Waals surface area contributed by atoms with Gasteiger partial charge in [0.15, 0.2) is 0 Å². The third-order valence-corrected chi connectivity index (χ3v) is 1.56. The molecule has 0 saturated heterocycles. The molecule has 0 unspecified atom stereocenters. The Labute approximate surface area is 63.3 Å². The zero-order chi connectivity index (χ0) is 7.40. The third kappa shape index (κ3) is 1.53. The van der Waals surface area contributed by atoms with E-state index in [0.29, 0.717) is 0 Å². The van der Waals surface area contributed by atoms with Crippen molar-refractivity contribution in [3.05, 3.63) is 23.5 Å². The average molecular weight is 140 g/mol. The van der Waals surface area contributed by atoms with Crippen LogP contribution in [0, 0.1) is 0 Å². The van der Waals surface area contributed by atoms with Crippen LogP contribution in [0.15, 0.2) is 23.5 Å². The van der Waals surface area contributed by atoms with Gasteiger partial charge in [0.1, 0.15) is 0 Å². The summed E-state index contributed by atoms with van der Waals surface area (Å²) in [5.41, 5.74) is 7.70. The van der Waals surface area contributed by atoms with Crippen LogP contribution < -0.4 is 11.1 Å². The average Bonchev–Trinajstić information content (AvgIpc) is 1.94. The SMILES string of the molecule is CCNC1=CCCC=C1N.[HH]. The number of rotatable bonds is 2. The number of nitrogens with one attached hydrogen (secondary N) is 1. The van der Waals surface area contributed by atoms with E-state index in [0.717, 1.165) is 30.8 Å². The molecule has 2 heteroatoms. The van der Waals surface area contributed by atoms with Gasteiger partial charge in [-0.15, -0.1) is 0 Å². The molecule has 10 heavy (non-hydrogen) atoms. The van der Waals surface area contributed by atoms with Gasteiger partial charge in [-0.05, 0) is 19.8 Å². The zero-order valence-electron chi connectivity index (χ0n) is 6.35. The highest BCUT2D eigenvalue weighted by Gasteiger charge is 2.01. The predicted octanol–water partition coefficient (Wildman–Crippen LogP) is 1.36. The molecule has 0 bridgehead atoms. The summed E-state index contributed by atoms with van der Waals surface area (Å²) in [5.74, 6) is 0. The topological polar surface area (TPSA) is 38.0 Å². The van der Waals surface area contributed by atoms with Crippen molar-refractivity contribution in [3.63, 3.8) is 0 Å². The summed E-state index contributed by atoms with van der Waals surface area (Å²) in [6.07, 6.45) is 6.42. The molecule has 58 valence electrons. The lowest BCUT2D eigenvalue weighted by atomic mass is 10.1. The molecule has 0 heterocycles. The number of likely N-dealkylation sites (N-methyl/N-ethyl adjacent to an activating group) is 1. The van der Waals surface area contributed by atoms with Gasteiger partial charge < -0.3 is 11.1 Å². The smallest absolute Gasteiger partial charge is 0.0530 e. The van der Waals surface area contributed by atoms with Crippen LogP contribution in [-0.2, 0) is 0 Å². The minimum Gasteiger partial charge on any atom is -0.397 e. The molecule has 0 amide bonds. The van der Waals surface area contributed by atoms with Gasteiger partial charge in [-0.2, -0.15) is 0 Å². The summed E-state index contributed by atoms with van der Waals surface area (Å²) in [5, 5.41) is 3.20. The van der Waals surface area contributed by atoms with E-state index < -0.39 is 0 Å². The molecule has 0 aliphatic heterocycles. The molecule has 1 aliphatic rings. The van der Waals surface area contributed by atoms with Crippen LogP contribution in [0.3, 0.4) is 0 Å².